The summed E-state index contributed by atoms with van der Waals surface area (Å²) in [5.74, 6) is -3.22. The highest BCUT2D eigenvalue weighted by atomic mass is 19.4. The number of hydrogen-bond donors (Lipinski definition) is 1. The van der Waals surface area contributed by atoms with Crippen molar-refractivity contribution in [3.8, 4) is 0 Å². The number of hydrogen-bond acceptors (Lipinski definition) is 6. The second kappa shape index (κ2) is 8.85. The quantitative estimate of drug-likeness (QED) is 0.326. The topological polar surface area (TPSA) is 82.1 Å². The third kappa shape index (κ3) is 4.61. The largest absolute Gasteiger partial charge is 0.458 e. The number of ether oxygens (including phenoxy) is 3. The summed E-state index contributed by atoms with van der Waals surface area (Å²) in [6, 6.07) is 0. The van der Waals surface area contributed by atoms with Crippen LogP contribution >= 0.6 is 0 Å². The third-order valence-electron chi connectivity index (χ3n) is 6.43. The first-order valence-corrected chi connectivity index (χ1v) is 10.1. The monoisotopic (exact) mass is 476 g/mol. The minimum Gasteiger partial charge on any atom is -0.458 e. The predicted molar refractivity (Wildman–Crippen MR) is 97.1 cm³/mol. The maximum atomic E-state index is 13.1. The van der Waals surface area contributed by atoms with Crippen LogP contribution in [-0.2, 0) is 23.8 Å². The van der Waals surface area contributed by atoms with E-state index in [1.807, 2.05) is 0 Å². The Morgan fingerprint density at radius 2 is 1.66 bits per heavy atom. The number of carbonyl (C=O) groups is 2. The van der Waals surface area contributed by atoms with Crippen molar-refractivity contribution in [1.29, 1.82) is 0 Å². The molecule has 1 aliphatic carbocycles. The molecule has 2 bridgehead atoms. The molecule has 2 aliphatic rings. The van der Waals surface area contributed by atoms with Gasteiger partial charge in [-0.05, 0) is 26.2 Å². The summed E-state index contributed by atoms with van der Waals surface area (Å²) in [7, 11) is 0. The lowest BCUT2D eigenvalue weighted by Gasteiger charge is -2.46. The van der Waals surface area contributed by atoms with Gasteiger partial charge in [-0.2, -0.15) is 26.3 Å². The summed E-state index contributed by atoms with van der Waals surface area (Å²) >= 11 is 0. The Labute approximate surface area is 180 Å². The average Bonchev–Trinajstić information content (AvgIpc) is 3.00. The zero-order chi connectivity index (χ0) is 24.7. The summed E-state index contributed by atoms with van der Waals surface area (Å²) in [6.45, 7) is 5.73. The molecule has 0 spiro atoms. The highest BCUT2D eigenvalue weighted by molar-refractivity contribution is 5.87. The van der Waals surface area contributed by atoms with Gasteiger partial charge in [0.15, 0.2) is 0 Å². The van der Waals surface area contributed by atoms with Crippen molar-refractivity contribution >= 4 is 11.9 Å². The predicted octanol–water partition coefficient (Wildman–Crippen LogP) is 3.86. The standard InChI is InChI=1S/C20H26F6O6/c1-5-17(6-2,30-9-18(29,19(21,22)23)20(24,25)26)12-8-14(31-15(27)10(3)4)13-7-11(12)16(28)32-13/h11-14,29H,3,5-9H2,1-2,4H3. The SMILES string of the molecule is C=C(C)C(=O)OC1CC(C(CC)(CC)OCC(O)(C(F)(F)F)C(F)(F)F)C2CC1OC2=O. The van der Waals surface area contributed by atoms with Gasteiger partial charge in [0, 0.05) is 17.9 Å². The molecule has 1 saturated carbocycles. The first kappa shape index (κ1) is 26.4. The fourth-order valence-corrected chi connectivity index (χ4v) is 4.36. The van der Waals surface area contributed by atoms with Crippen molar-refractivity contribution in [2.24, 2.45) is 11.8 Å². The Morgan fingerprint density at radius 1 is 1.12 bits per heavy atom. The highest BCUT2D eigenvalue weighted by Crippen LogP contribution is 2.50. The van der Waals surface area contributed by atoms with E-state index in [2.05, 4.69) is 6.58 Å². The molecule has 2 fully saturated rings. The van der Waals surface area contributed by atoms with E-state index >= 15 is 0 Å². The molecule has 4 unspecified atom stereocenters. The van der Waals surface area contributed by atoms with Gasteiger partial charge in [-0.1, -0.05) is 20.4 Å². The number of carbonyl (C=O) groups excluding carboxylic acids is 2. The van der Waals surface area contributed by atoms with Gasteiger partial charge in [-0.15, -0.1) is 0 Å². The molecule has 0 aromatic carbocycles. The number of alkyl halides is 6. The normalized spacial score (nSPS) is 26.6. The molecule has 1 aliphatic heterocycles. The molecule has 0 radical (unpaired) electrons. The molecule has 12 heteroatoms. The van der Waals surface area contributed by atoms with E-state index in [9.17, 15) is 41.0 Å². The Balaban J connectivity index is 2.37. The number of aliphatic hydroxyl groups is 1. The van der Waals surface area contributed by atoms with Gasteiger partial charge < -0.3 is 19.3 Å². The van der Waals surface area contributed by atoms with Crippen LogP contribution in [0.5, 0.6) is 0 Å². The van der Waals surface area contributed by atoms with Crippen LogP contribution in [0.1, 0.15) is 46.5 Å². The van der Waals surface area contributed by atoms with Gasteiger partial charge >= 0.3 is 24.3 Å². The van der Waals surface area contributed by atoms with E-state index in [4.69, 9.17) is 14.2 Å². The molecule has 1 heterocycles. The summed E-state index contributed by atoms with van der Waals surface area (Å²) in [4.78, 5) is 24.3. The van der Waals surface area contributed by atoms with E-state index in [1.54, 1.807) is 0 Å². The van der Waals surface area contributed by atoms with Gasteiger partial charge in [0.2, 0.25) is 0 Å². The van der Waals surface area contributed by atoms with Crippen LogP contribution in [0.15, 0.2) is 12.2 Å². The van der Waals surface area contributed by atoms with Crippen molar-refractivity contribution in [3.05, 3.63) is 12.2 Å². The van der Waals surface area contributed by atoms with Crippen LogP contribution in [0.2, 0.25) is 0 Å². The maximum Gasteiger partial charge on any atom is 0.428 e. The molecule has 0 amide bonds. The highest BCUT2D eigenvalue weighted by Gasteiger charge is 2.71. The van der Waals surface area contributed by atoms with Crippen LogP contribution in [0.3, 0.4) is 0 Å². The average molecular weight is 476 g/mol. The molecule has 0 aromatic heterocycles. The Hall–Kier alpha value is -1.82. The summed E-state index contributed by atoms with van der Waals surface area (Å²) in [6.07, 6.45) is -13.9. The third-order valence-corrected chi connectivity index (χ3v) is 6.43. The lowest BCUT2D eigenvalue weighted by molar-refractivity contribution is -0.384. The minimum absolute atomic E-state index is 0.0600. The fraction of sp³-hybridized carbons (Fsp3) is 0.800. The van der Waals surface area contributed by atoms with E-state index in [1.165, 1.54) is 20.8 Å². The number of esters is 2. The van der Waals surface area contributed by atoms with Gasteiger partial charge in [-0.25, -0.2) is 4.79 Å². The molecule has 32 heavy (non-hydrogen) atoms. The first-order valence-electron chi connectivity index (χ1n) is 10.1. The summed E-state index contributed by atoms with van der Waals surface area (Å²) in [5, 5.41) is 9.51. The molecular weight excluding hydrogens is 450 g/mol. The van der Waals surface area contributed by atoms with Crippen molar-refractivity contribution in [2.45, 2.75) is 82.2 Å². The number of fused-ring (bicyclic) bond motifs is 2. The van der Waals surface area contributed by atoms with Gasteiger partial charge in [-0.3, -0.25) is 4.79 Å². The molecule has 6 nitrogen and oxygen atoms in total. The smallest absolute Gasteiger partial charge is 0.428 e. The molecule has 1 saturated heterocycles. The molecule has 0 aromatic rings. The van der Waals surface area contributed by atoms with Crippen LogP contribution in [0, 0.1) is 11.8 Å². The van der Waals surface area contributed by atoms with Gasteiger partial charge in [0.25, 0.3) is 5.60 Å². The van der Waals surface area contributed by atoms with Crippen LogP contribution in [0.4, 0.5) is 26.3 Å². The molecule has 4 atom stereocenters. The van der Waals surface area contributed by atoms with E-state index < -0.39 is 66.1 Å². The molecule has 2 rings (SSSR count). The van der Waals surface area contributed by atoms with Crippen LogP contribution in [-0.4, -0.2) is 59.4 Å². The Bertz CT molecular complexity index is 728. The van der Waals surface area contributed by atoms with Crippen molar-refractivity contribution in [3.63, 3.8) is 0 Å². The molecule has 184 valence electrons. The second-order valence-electron chi connectivity index (χ2n) is 8.30. The zero-order valence-electron chi connectivity index (χ0n) is 17.8. The van der Waals surface area contributed by atoms with Crippen molar-refractivity contribution in [2.75, 3.05) is 6.61 Å². The van der Waals surface area contributed by atoms with Crippen molar-refractivity contribution < 1.29 is 55.2 Å². The lowest BCUT2D eigenvalue weighted by atomic mass is 9.67. The van der Waals surface area contributed by atoms with Crippen LogP contribution in [0.25, 0.3) is 0 Å². The maximum absolute atomic E-state index is 13.1. The zero-order valence-corrected chi connectivity index (χ0v) is 17.8. The second-order valence-corrected chi connectivity index (χ2v) is 8.30. The summed E-state index contributed by atoms with van der Waals surface area (Å²) < 4.78 is 94.6. The Kier molecular flexibility index (Phi) is 7.31. The van der Waals surface area contributed by atoms with E-state index in [-0.39, 0.29) is 31.3 Å². The summed E-state index contributed by atoms with van der Waals surface area (Å²) in [5.41, 5.74) is -6.66. The number of halogens is 6. The lowest BCUT2D eigenvalue weighted by Crippen LogP contribution is -2.62. The van der Waals surface area contributed by atoms with Gasteiger partial charge in [0.05, 0.1) is 18.1 Å². The van der Waals surface area contributed by atoms with E-state index in [0.717, 1.165) is 0 Å². The number of rotatable bonds is 8. The van der Waals surface area contributed by atoms with Crippen molar-refractivity contribution in [1.82, 2.24) is 0 Å². The Morgan fingerprint density at radius 3 is 2.09 bits per heavy atom. The fourth-order valence-electron chi connectivity index (χ4n) is 4.36. The van der Waals surface area contributed by atoms with E-state index in [0.29, 0.717) is 0 Å². The molecular formula is C20H26F6O6. The first-order chi connectivity index (χ1) is 14.5. The molecule has 1 N–H and O–H groups in total. The van der Waals surface area contributed by atoms with Gasteiger partial charge in [0.1, 0.15) is 12.2 Å². The minimum atomic E-state index is -6.04. The van der Waals surface area contributed by atoms with Crippen LogP contribution < -0.4 is 0 Å².